The Bertz CT molecular complexity index is 609. The van der Waals surface area contributed by atoms with E-state index < -0.39 is 0 Å². The maximum Gasteiger partial charge on any atom is 0.251 e. The van der Waals surface area contributed by atoms with Crippen LogP contribution in [0.5, 0.6) is 0 Å². The van der Waals surface area contributed by atoms with Gasteiger partial charge in [-0.2, -0.15) is 5.10 Å². The molecule has 0 saturated carbocycles. The van der Waals surface area contributed by atoms with E-state index in [-0.39, 0.29) is 5.56 Å². The zero-order valence-electron chi connectivity index (χ0n) is 10.5. The van der Waals surface area contributed by atoms with Crippen molar-refractivity contribution in [1.29, 1.82) is 0 Å². The second-order valence-electron chi connectivity index (χ2n) is 4.12. The maximum absolute atomic E-state index is 11.6. The SMILES string of the molecule is CCc1cc(-c2nc(C)nn2C)c(C)[nH]c1=O. The van der Waals surface area contributed by atoms with Crippen molar-refractivity contribution in [2.75, 3.05) is 0 Å². The second-order valence-corrected chi connectivity index (χ2v) is 4.12. The van der Waals surface area contributed by atoms with Crippen LogP contribution in [0.4, 0.5) is 0 Å². The van der Waals surface area contributed by atoms with Gasteiger partial charge in [0.2, 0.25) is 0 Å². The van der Waals surface area contributed by atoms with E-state index in [0.29, 0.717) is 6.42 Å². The molecule has 0 aliphatic heterocycles. The van der Waals surface area contributed by atoms with E-state index in [9.17, 15) is 4.79 Å². The van der Waals surface area contributed by atoms with E-state index in [2.05, 4.69) is 15.1 Å². The topological polar surface area (TPSA) is 63.6 Å². The highest BCUT2D eigenvalue weighted by molar-refractivity contribution is 5.59. The van der Waals surface area contributed by atoms with Crippen molar-refractivity contribution >= 4 is 0 Å². The van der Waals surface area contributed by atoms with Gasteiger partial charge in [0.25, 0.3) is 5.56 Å². The summed E-state index contributed by atoms with van der Waals surface area (Å²) in [6, 6.07) is 1.90. The van der Waals surface area contributed by atoms with Gasteiger partial charge in [0.05, 0.1) is 0 Å². The number of nitrogens with zero attached hydrogens (tertiary/aromatic N) is 3. The molecule has 5 nitrogen and oxygen atoms in total. The molecule has 5 heteroatoms. The molecular weight excluding hydrogens is 216 g/mol. The molecule has 2 aromatic rings. The number of nitrogens with one attached hydrogen (secondary N) is 1. The molecule has 0 aliphatic rings. The van der Waals surface area contributed by atoms with E-state index in [1.807, 2.05) is 33.9 Å². The normalized spacial score (nSPS) is 10.8. The molecule has 0 fully saturated rings. The number of hydrogen-bond acceptors (Lipinski definition) is 3. The van der Waals surface area contributed by atoms with Gasteiger partial charge in [0, 0.05) is 23.9 Å². The Labute approximate surface area is 99.5 Å². The van der Waals surface area contributed by atoms with Crippen LogP contribution in [0.15, 0.2) is 10.9 Å². The number of H-pyrrole nitrogens is 1. The van der Waals surface area contributed by atoms with Crippen molar-refractivity contribution in [1.82, 2.24) is 19.7 Å². The molecule has 17 heavy (non-hydrogen) atoms. The van der Waals surface area contributed by atoms with Crippen molar-refractivity contribution in [3.63, 3.8) is 0 Å². The molecule has 0 amide bonds. The highest BCUT2D eigenvalue weighted by atomic mass is 16.1. The lowest BCUT2D eigenvalue weighted by atomic mass is 10.1. The Morgan fingerprint density at radius 3 is 2.65 bits per heavy atom. The fraction of sp³-hybridized carbons (Fsp3) is 0.417. The minimum atomic E-state index is -0.0207. The average Bonchev–Trinajstić information content (AvgIpc) is 2.58. The number of aryl methyl sites for hydroxylation is 4. The Morgan fingerprint density at radius 2 is 2.12 bits per heavy atom. The molecule has 2 heterocycles. The van der Waals surface area contributed by atoms with Gasteiger partial charge in [-0.05, 0) is 26.3 Å². The predicted octanol–water partition coefficient (Wildman–Crippen LogP) is 1.35. The standard InChI is InChI=1S/C12H16N4O/c1-5-9-6-10(7(2)13-12(9)17)11-14-8(3)15-16(11)4/h6H,5H2,1-4H3,(H,13,17). The van der Waals surface area contributed by atoms with E-state index in [0.717, 1.165) is 28.5 Å². The van der Waals surface area contributed by atoms with Crippen molar-refractivity contribution in [2.45, 2.75) is 27.2 Å². The van der Waals surface area contributed by atoms with E-state index in [1.54, 1.807) is 4.68 Å². The molecule has 0 saturated heterocycles. The molecule has 2 aromatic heterocycles. The summed E-state index contributed by atoms with van der Waals surface area (Å²) in [5.74, 6) is 1.51. The van der Waals surface area contributed by atoms with Crippen LogP contribution in [-0.4, -0.2) is 19.7 Å². The van der Waals surface area contributed by atoms with Crippen LogP contribution in [0, 0.1) is 13.8 Å². The van der Waals surface area contributed by atoms with Gasteiger partial charge in [0.15, 0.2) is 5.82 Å². The zero-order chi connectivity index (χ0) is 12.6. The van der Waals surface area contributed by atoms with Crippen LogP contribution < -0.4 is 5.56 Å². The van der Waals surface area contributed by atoms with Crippen molar-refractivity contribution < 1.29 is 0 Å². The van der Waals surface area contributed by atoms with Crippen LogP contribution in [0.1, 0.15) is 24.0 Å². The Balaban J connectivity index is 2.67. The molecule has 1 N–H and O–H groups in total. The van der Waals surface area contributed by atoms with Crippen LogP contribution in [-0.2, 0) is 13.5 Å². The van der Waals surface area contributed by atoms with Crippen molar-refractivity contribution in [3.8, 4) is 11.4 Å². The summed E-state index contributed by atoms with van der Waals surface area (Å²) in [5, 5.41) is 4.22. The molecule has 0 aliphatic carbocycles. The first kappa shape index (κ1) is 11.6. The summed E-state index contributed by atoms with van der Waals surface area (Å²) in [4.78, 5) is 18.9. The third-order valence-electron chi connectivity index (χ3n) is 2.81. The fourth-order valence-corrected chi connectivity index (χ4v) is 1.91. The van der Waals surface area contributed by atoms with Crippen LogP contribution in [0.25, 0.3) is 11.4 Å². The van der Waals surface area contributed by atoms with Gasteiger partial charge >= 0.3 is 0 Å². The fourth-order valence-electron chi connectivity index (χ4n) is 1.91. The van der Waals surface area contributed by atoms with E-state index in [1.165, 1.54) is 0 Å². The first-order valence-corrected chi connectivity index (χ1v) is 5.63. The van der Waals surface area contributed by atoms with Gasteiger partial charge in [-0.15, -0.1) is 0 Å². The highest BCUT2D eigenvalue weighted by Crippen LogP contribution is 2.19. The Morgan fingerprint density at radius 1 is 1.41 bits per heavy atom. The van der Waals surface area contributed by atoms with E-state index in [4.69, 9.17) is 0 Å². The smallest absolute Gasteiger partial charge is 0.251 e. The Kier molecular flexibility index (Phi) is 2.83. The summed E-state index contributed by atoms with van der Waals surface area (Å²) < 4.78 is 1.73. The van der Waals surface area contributed by atoms with Crippen molar-refractivity contribution in [3.05, 3.63) is 33.5 Å². The van der Waals surface area contributed by atoms with Gasteiger partial charge < -0.3 is 4.98 Å². The van der Waals surface area contributed by atoms with Crippen LogP contribution in [0.3, 0.4) is 0 Å². The number of aromatic amines is 1. The minimum Gasteiger partial charge on any atom is -0.326 e. The molecule has 0 unspecified atom stereocenters. The molecule has 0 atom stereocenters. The number of hydrogen-bond donors (Lipinski definition) is 1. The van der Waals surface area contributed by atoms with Gasteiger partial charge in [-0.1, -0.05) is 6.92 Å². The average molecular weight is 232 g/mol. The summed E-state index contributed by atoms with van der Waals surface area (Å²) in [7, 11) is 1.85. The summed E-state index contributed by atoms with van der Waals surface area (Å²) in [6.45, 7) is 5.69. The quantitative estimate of drug-likeness (QED) is 0.850. The molecule has 0 aromatic carbocycles. The molecule has 0 radical (unpaired) electrons. The lowest BCUT2D eigenvalue weighted by Gasteiger charge is -2.06. The first-order valence-electron chi connectivity index (χ1n) is 5.63. The third kappa shape index (κ3) is 2.00. The van der Waals surface area contributed by atoms with Gasteiger partial charge in [-0.25, -0.2) is 9.67 Å². The molecule has 2 rings (SSSR count). The molecule has 0 bridgehead atoms. The Hall–Kier alpha value is -1.91. The van der Waals surface area contributed by atoms with Crippen LogP contribution in [0.2, 0.25) is 0 Å². The van der Waals surface area contributed by atoms with Crippen molar-refractivity contribution in [2.24, 2.45) is 7.05 Å². The van der Waals surface area contributed by atoms with Gasteiger partial charge in [0.1, 0.15) is 5.82 Å². The lowest BCUT2D eigenvalue weighted by molar-refractivity contribution is 0.762. The highest BCUT2D eigenvalue weighted by Gasteiger charge is 2.12. The lowest BCUT2D eigenvalue weighted by Crippen LogP contribution is -2.14. The number of rotatable bonds is 2. The number of aromatic nitrogens is 4. The minimum absolute atomic E-state index is 0.0207. The van der Waals surface area contributed by atoms with Gasteiger partial charge in [-0.3, -0.25) is 4.79 Å². The second kappa shape index (κ2) is 4.16. The molecular formula is C12H16N4O. The maximum atomic E-state index is 11.6. The van der Waals surface area contributed by atoms with Crippen LogP contribution >= 0.6 is 0 Å². The van der Waals surface area contributed by atoms with E-state index >= 15 is 0 Å². The molecule has 90 valence electrons. The predicted molar refractivity (Wildman–Crippen MR) is 65.9 cm³/mol. The first-order chi connectivity index (χ1) is 8.02. The summed E-state index contributed by atoms with van der Waals surface area (Å²) in [5.41, 5.74) is 2.51. The molecule has 0 spiro atoms. The summed E-state index contributed by atoms with van der Waals surface area (Å²) in [6.07, 6.45) is 0.708. The summed E-state index contributed by atoms with van der Waals surface area (Å²) >= 11 is 0. The largest absolute Gasteiger partial charge is 0.326 e. The number of pyridine rings is 1. The zero-order valence-corrected chi connectivity index (χ0v) is 10.5. The third-order valence-corrected chi connectivity index (χ3v) is 2.81. The monoisotopic (exact) mass is 232 g/mol.